The molecule has 0 aliphatic heterocycles. The number of fused-ring (bicyclic) bond motifs is 1. The highest BCUT2D eigenvalue weighted by atomic mass is 32.1. The van der Waals surface area contributed by atoms with E-state index in [-0.39, 0.29) is 0 Å². The number of hydrogen-bond acceptors (Lipinski definition) is 2. The lowest BCUT2D eigenvalue weighted by Gasteiger charge is -1.89. The second-order valence-corrected chi connectivity index (χ2v) is 5.14. The maximum absolute atomic E-state index is 4.02. The molecule has 0 spiro atoms. The first-order valence-corrected chi connectivity index (χ1v) is 6.62. The summed E-state index contributed by atoms with van der Waals surface area (Å²) in [7, 11) is 2.10. The molecule has 18 heavy (non-hydrogen) atoms. The first-order chi connectivity index (χ1) is 8.84. The fraction of sp³-hybridized carbons (Fsp3) is 0.0667. The van der Waals surface area contributed by atoms with Crippen molar-refractivity contribution in [1.82, 2.24) is 4.98 Å². The molecular weight excluding hydrogens is 240 g/mol. The molecule has 1 aromatic carbocycles. The molecule has 0 aliphatic rings. The number of benzene rings is 1. The molecule has 0 bridgehead atoms. The molecule has 0 radical (unpaired) electrons. The minimum atomic E-state index is 1.17. The lowest BCUT2D eigenvalue weighted by atomic mass is 10.2. The SMILES string of the molecule is C[n+]1c(/C=C/c2ccncc2)sc2ccccc21. The largest absolute Gasteiger partial charge is 0.265 e. The number of aromatic nitrogens is 2. The van der Waals surface area contributed by atoms with Gasteiger partial charge in [0.05, 0.1) is 0 Å². The Labute approximate surface area is 110 Å². The number of thiazole rings is 1. The van der Waals surface area contributed by atoms with Gasteiger partial charge < -0.3 is 0 Å². The van der Waals surface area contributed by atoms with Crippen LogP contribution < -0.4 is 4.57 Å². The highest BCUT2D eigenvalue weighted by Gasteiger charge is 2.12. The third kappa shape index (κ3) is 2.05. The fourth-order valence-corrected chi connectivity index (χ4v) is 2.96. The van der Waals surface area contributed by atoms with Crippen LogP contribution in [0.2, 0.25) is 0 Å². The van der Waals surface area contributed by atoms with E-state index in [1.807, 2.05) is 24.5 Å². The summed E-state index contributed by atoms with van der Waals surface area (Å²) in [6.45, 7) is 0. The molecule has 3 aromatic rings. The Morgan fingerprint density at radius 2 is 1.83 bits per heavy atom. The maximum atomic E-state index is 4.02. The molecule has 88 valence electrons. The molecule has 0 N–H and O–H groups in total. The Bertz CT molecular complexity index is 699. The topological polar surface area (TPSA) is 16.8 Å². The number of rotatable bonds is 2. The van der Waals surface area contributed by atoms with Gasteiger partial charge in [-0.2, -0.15) is 4.57 Å². The van der Waals surface area contributed by atoms with E-state index in [2.05, 4.69) is 53.0 Å². The van der Waals surface area contributed by atoms with Gasteiger partial charge in [-0.05, 0) is 29.8 Å². The van der Waals surface area contributed by atoms with Gasteiger partial charge in [0.25, 0.3) is 5.01 Å². The number of pyridine rings is 1. The van der Waals surface area contributed by atoms with Gasteiger partial charge in [-0.15, -0.1) is 0 Å². The number of nitrogens with zero attached hydrogens (tertiary/aromatic N) is 2. The molecule has 0 atom stereocenters. The summed E-state index contributed by atoms with van der Waals surface area (Å²) in [5.74, 6) is 0. The third-order valence-corrected chi connectivity index (χ3v) is 4.08. The second-order valence-electron chi connectivity index (χ2n) is 4.08. The van der Waals surface area contributed by atoms with Crippen LogP contribution in [0.1, 0.15) is 10.6 Å². The van der Waals surface area contributed by atoms with E-state index in [9.17, 15) is 0 Å². The Balaban J connectivity index is 2.00. The van der Waals surface area contributed by atoms with Crippen LogP contribution in [0.15, 0.2) is 48.8 Å². The van der Waals surface area contributed by atoms with E-state index < -0.39 is 0 Å². The first-order valence-electron chi connectivity index (χ1n) is 5.80. The van der Waals surface area contributed by atoms with Crippen molar-refractivity contribution in [2.75, 3.05) is 0 Å². The van der Waals surface area contributed by atoms with Crippen LogP contribution in [0.4, 0.5) is 0 Å². The second kappa shape index (κ2) is 4.70. The summed E-state index contributed by atoms with van der Waals surface area (Å²) in [5.41, 5.74) is 2.44. The van der Waals surface area contributed by atoms with E-state index >= 15 is 0 Å². The van der Waals surface area contributed by atoms with Gasteiger partial charge in [-0.3, -0.25) is 4.98 Å². The molecule has 0 unspecified atom stereocenters. The molecule has 0 aliphatic carbocycles. The number of para-hydroxylation sites is 1. The van der Waals surface area contributed by atoms with Crippen LogP contribution in [-0.2, 0) is 7.05 Å². The zero-order valence-electron chi connectivity index (χ0n) is 10.1. The smallest absolute Gasteiger partial charge is 0.262 e. The van der Waals surface area contributed by atoms with Crippen LogP contribution >= 0.6 is 11.3 Å². The van der Waals surface area contributed by atoms with Crippen LogP contribution in [0, 0.1) is 0 Å². The van der Waals surface area contributed by atoms with Crippen molar-refractivity contribution in [3.8, 4) is 0 Å². The van der Waals surface area contributed by atoms with Gasteiger partial charge in [0, 0.05) is 24.5 Å². The van der Waals surface area contributed by atoms with E-state index in [4.69, 9.17) is 0 Å². The molecular formula is C15H13N2S+. The average Bonchev–Trinajstić information content (AvgIpc) is 2.75. The normalized spacial score (nSPS) is 11.4. The quantitative estimate of drug-likeness (QED) is 0.640. The zero-order valence-corrected chi connectivity index (χ0v) is 10.9. The molecule has 3 heteroatoms. The van der Waals surface area contributed by atoms with Gasteiger partial charge in [0.2, 0.25) is 5.52 Å². The first kappa shape index (κ1) is 11.1. The van der Waals surface area contributed by atoms with Gasteiger partial charge >= 0.3 is 0 Å². The van der Waals surface area contributed by atoms with Crippen molar-refractivity contribution in [3.63, 3.8) is 0 Å². The standard InChI is InChI=1S/C15H13N2S/c1-17-13-4-2-3-5-14(13)18-15(17)7-6-12-8-10-16-11-9-12/h2-11H,1H3/q+1/b7-6+. The average molecular weight is 253 g/mol. The van der Waals surface area contributed by atoms with Crippen molar-refractivity contribution in [2.45, 2.75) is 0 Å². The molecule has 0 amide bonds. The minimum Gasteiger partial charge on any atom is -0.265 e. The van der Waals surface area contributed by atoms with Crippen LogP contribution in [0.25, 0.3) is 22.4 Å². The zero-order chi connectivity index (χ0) is 12.4. The van der Waals surface area contributed by atoms with Gasteiger partial charge in [0.1, 0.15) is 11.7 Å². The number of aryl methyl sites for hydroxylation is 1. The van der Waals surface area contributed by atoms with Crippen LogP contribution in [0.5, 0.6) is 0 Å². The van der Waals surface area contributed by atoms with E-state index in [1.54, 1.807) is 11.3 Å². The Hall–Kier alpha value is -2.00. The van der Waals surface area contributed by atoms with E-state index in [1.165, 1.54) is 20.8 Å². The lowest BCUT2D eigenvalue weighted by molar-refractivity contribution is -0.642. The Morgan fingerprint density at radius 3 is 2.61 bits per heavy atom. The van der Waals surface area contributed by atoms with Gasteiger partial charge in [-0.25, -0.2) is 0 Å². The summed E-state index contributed by atoms with van der Waals surface area (Å²) < 4.78 is 3.53. The minimum absolute atomic E-state index is 1.17. The number of hydrogen-bond donors (Lipinski definition) is 0. The molecule has 3 rings (SSSR count). The maximum Gasteiger partial charge on any atom is 0.262 e. The predicted octanol–water partition coefficient (Wildman–Crippen LogP) is 3.29. The molecule has 2 aromatic heterocycles. The molecule has 2 nitrogen and oxygen atoms in total. The van der Waals surface area contributed by atoms with Crippen LogP contribution in [0.3, 0.4) is 0 Å². The molecule has 2 heterocycles. The van der Waals surface area contributed by atoms with Gasteiger partial charge in [-0.1, -0.05) is 23.5 Å². The summed E-state index contributed by atoms with van der Waals surface area (Å²) in [6, 6.07) is 12.5. The summed E-state index contributed by atoms with van der Waals surface area (Å²) in [4.78, 5) is 4.02. The monoisotopic (exact) mass is 253 g/mol. The summed E-state index contributed by atoms with van der Waals surface area (Å²) in [6.07, 6.45) is 7.89. The van der Waals surface area contributed by atoms with Crippen LogP contribution in [-0.4, -0.2) is 4.98 Å². The molecule has 0 fully saturated rings. The molecule has 0 saturated carbocycles. The highest BCUT2D eigenvalue weighted by Crippen LogP contribution is 2.21. The van der Waals surface area contributed by atoms with E-state index in [0.717, 1.165) is 0 Å². The Morgan fingerprint density at radius 1 is 1.06 bits per heavy atom. The van der Waals surface area contributed by atoms with Crippen molar-refractivity contribution >= 4 is 33.7 Å². The fourth-order valence-electron chi connectivity index (χ4n) is 1.91. The third-order valence-electron chi connectivity index (χ3n) is 2.90. The van der Waals surface area contributed by atoms with E-state index in [0.29, 0.717) is 0 Å². The van der Waals surface area contributed by atoms with Crippen molar-refractivity contribution in [3.05, 3.63) is 59.4 Å². The lowest BCUT2D eigenvalue weighted by Crippen LogP contribution is -2.28. The predicted molar refractivity (Wildman–Crippen MR) is 76.2 cm³/mol. The summed E-state index contributed by atoms with van der Waals surface area (Å²) in [5, 5.41) is 1.24. The van der Waals surface area contributed by atoms with Gasteiger partial charge in [0.15, 0.2) is 0 Å². The Kier molecular flexibility index (Phi) is 2.90. The van der Waals surface area contributed by atoms with Crippen molar-refractivity contribution in [1.29, 1.82) is 0 Å². The van der Waals surface area contributed by atoms with Crippen molar-refractivity contribution in [2.24, 2.45) is 7.05 Å². The summed E-state index contributed by atoms with van der Waals surface area (Å²) >= 11 is 1.80. The van der Waals surface area contributed by atoms with Crippen molar-refractivity contribution < 1.29 is 4.57 Å². The highest BCUT2D eigenvalue weighted by molar-refractivity contribution is 7.18. The molecule has 0 saturated heterocycles.